The molecule has 3 aromatic rings. The number of aromatic amines is 1. The molecular weight excluding hydrogens is 568 g/mol. The largest absolute Gasteiger partial charge is 0.371 e. The first kappa shape index (κ1) is 28.1. The maximum atomic E-state index is 13.1. The van der Waals surface area contributed by atoms with Gasteiger partial charge in [0.1, 0.15) is 5.69 Å². The first-order valence-electron chi connectivity index (χ1n) is 13.0. The Labute approximate surface area is 236 Å². The van der Waals surface area contributed by atoms with Crippen LogP contribution in [0.15, 0.2) is 53.3 Å². The standard InChI is InChI=1S/C28H34BrClN6O2/c1-18(31)6-7-23-25(35-27(37)21-4-2-3-5-22(21)30)24(29)26(34-23)28(38)33-15-8-19-11-16-36(17-12-19)20-9-13-32-14-10-20/h2-5,9-10,13-14,18-19,34H,6-8,11-12,15-17,31H2,1H3,(H,33,38)(H,35,37). The summed E-state index contributed by atoms with van der Waals surface area (Å²) in [5.74, 6) is 0.00124. The van der Waals surface area contributed by atoms with Gasteiger partial charge in [-0.15, -0.1) is 0 Å². The average Bonchev–Trinajstić information content (AvgIpc) is 3.23. The molecule has 38 heavy (non-hydrogen) atoms. The Morgan fingerprint density at radius 1 is 1.18 bits per heavy atom. The van der Waals surface area contributed by atoms with Gasteiger partial charge in [0.15, 0.2) is 0 Å². The molecular formula is C28H34BrClN6O2. The number of amides is 2. The second-order valence-corrected chi connectivity index (χ2v) is 11.0. The summed E-state index contributed by atoms with van der Waals surface area (Å²) in [5, 5.41) is 6.34. The average molecular weight is 602 g/mol. The number of anilines is 2. The highest BCUT2D eigenvalue weighted by Crippen LogP contribution is 2.33. The fourth-order valence-corrected chi connectivity index (χ4v) is 5.55. The fourth-order valence-electron chi connectivity index (χ4n) is 4.71. The summed E-state index contributed by atoms with van der Waals surface area (Å²) < 4.78 is 0.515. The Balaban J connectivity index is 1.36. The third kappa shape index (κ3) is 7.15. The Bertz CT molecular complexity index is 1240. The fraction of sp³-hybridized carbons (Fsp3) is 0.393. The smallest absolute Gasteiger partial charge is 0.268 e. The van der Waals surface area contributed by atoms with E-state index in [9.17, 15) is 9.59 Å². The van der Waals surface area contributed by atoms with Gasteiger partial charge in [0.2, 0.25) is 0 Å². The topological polar surface area (TPSA) is 116 Å². The van der Waals surface area contributed by atoms with Gasteiger partial charge in [-0.2, -0.15) is 0 Å². The van der Waals surface area contributed by atoms with Crippen molar-refractivity contribution in [2.45, 2.75) is 45.1 Å². The second-order valence-electron chi connectivity index (χ2n) is 9.80. The number of aryl methyl sites for hydroxylation is 1. The van der Waals surface area contributed by atoms with Gasteiger partial charge < -0.3 is 26.3 Å². The van der Waals surface area contributed by atoms with Crippen LogP contribution in [0.25, 0.3) is 0 Å². The van der Waals surface area contributed by atoms with Crippen LogP contribution in [0.3, 0.4) is 0 Å². The summed E-state index contributed by atoms with van der Waals surface area (Å²) in [6.45, 7) is 4.51. The van der Waals surface area contributed by atoms with Crippen LogP contribution in [0.1, 0.15) is 59.1 Å². The summed E-state index contributed by atoms with van der Waals surface area (Å²) in [6.07, 6.45) is 8.02. The van der Waals surface area contributed by atoms with Crippen LogP contribution in [0, 0.1) is 5.92 Å². The molecule has 2 amide bonds. The van der Waals surface area contributed by atoms with Crippen molar-refractivity contribution in [2.24, 2.45) is 11.7 Å². The molecule has 1 unspecified atom stereocenters. The SMILES string of the molecule is CC(N)CCc1[nH]c(C(=O)NCCC2CCN(c3ccncc3)CC2)c(Br)c1NC(=O)c1ccccc1Cl. The highest BCUT2D eigenvalue weighted by atomic mass is 79.9. The lowest BCUT2D eigenvalue weighted by Gasteiger charge is -2.33. The van der Waals surface area contributed by atoms with Crippen molar-refractivity contribution >= 4 is 50.7 Å². The van der Waals surface area contributed by atoms with Gasteiger partial charge in [0.05, 0.1) is 20.7 Å². The van der Waals surface area contributed by atoms with Crippen molar-refractivity contribution in [2.75, 3.05) is 29.9 Å². The number of hydrogen-bond donors (Lipinski definition) is 4. The Kier molecular flexibility index (Phi) is 9.82. The van der Waals surface area contributed by atoms with Crippen LogP contribution in [-0.4, -0.2) is 47.5 Å². The lowest BCUT2D eigenvalue weighted by atomic mass is 9.93. The third-order valence-electron chi connectivity index (χ3n) is 6.93. The highest BCUT2D eigenvalue weighted by Gasteiger charge is 2.24. The van der Waals surface area contributed by atoms with Gasteiger partial charge in [-0.05, 0) is 85.1 Å². The van der Waals surface area contributed by atoms with Crippen LogP contribution >= 0.6 is 27.5 Å². The Morgan fingerprint density at radius 3 is 2.58 bits per heavy atom. The Morgan fingerprint density at radius 2 is 1.89 bits per heavy atom. The summed E-state index contributed by atoms with van der Waals surface area (Å²) >= 11 is 9.76. The van der Waals surface area contributed by atoms with E-state index >= 15 is 0 Å². The molecule has 1 fully saturated rings. The Hall–Kier alpha value is -2.88. The van der Waals surface area contributed by atoms with Crippen molar-refractivity contribution in [3.63, 3.8) is 0 Å². The number of carbonyl (C=O) groups is 2. The molecule has 202 valence electrons. The van der Waals surface area contributed by atoms with E-state index in [0.29, 0.717) is 51.7 Å². The zero-order chi connectivity index (χ0) is 27.1. The number of nitrogens with one attached hydrogen (secondary N) is 3. The molecule has 10 heteroatoms. The van der Waals surface area contributed by atoms with Gasteiger partial charge in [0, 0.05) is 49.5 Å². The second kappa shape index (κ2) is 13.3. The first-order chi connectivity index (χ1) is 18.3. The lowest BCUT2D eigenvalue weighted by Crippen LogP contribution is -2.35. The number of carbonyl (C=O) groups excluding carboxylic acids is 2. The number of rotatable bonds is 10. The predicted molar refractivity (Wildman–Crippen MR) is 156 cm³/mol. The van der Waals surface area contributed by atoms with E-state index in [4.69, 9.17) is 17.3 Å². The number of benzene rings is 1. The number of nitrogens with two attached hydrogens (primary N) is 1. The number of hydrogen-bond acceptors (Lipinski definition) is 5. The number of nitrogens with zero attached hydrogens (tertiary/aromatic N) is 2. The monoisotopic (exact) mass is 600 g/mol. The highest BCUT2D eigenvalue weighted by molar-refractivity contribution is 9.10. The van der Waals surface area contributed by atoms with Crippen LogP contribution in [0.2, 0.25) is 5.02 Å². The molecule has 1 aromatic carbocycles. The minimum atomic E-state index is -0.345. The molecule has 1 aliphatic rings. The quantitative estimate of drug-likeness (QED) is 0.249. The van der Waals surface area contributed by atoms with E-state index in [2.05, 4.69) is 41.4 Å². The van der Waals surface area contributed by atoms with Crippen LogP contribution in [0.5, 0.6) is 0 Å². The van der Waals surface area contributed by atoms with Gasteiger partial charge in [0.25, 0.3) is 11.8 Å². The number of H-pyrrole nitrogens is 1. The van der Waals surface area contributed by atoms with E-state index in [1.165, 1.54) is 5.69 Å². The van der Waals surface area contributed by atoms with Crippen molar-refractivity contribution < 1.29 is 9.59 Å². The molecule has 2 aromatic heterocycles. The zero-order valence-electron chi connectivity index (χ0n) is 21.5. The number of pyridine rings is 1. The summed E-state index contributed by atoms with van der Waals surface area (Å²) in [4.78, 5) is 35.8. The molecule has 4 rings (SSSR count). The van der Waals surface area contributed by atoms with Gasteiger partial charge in [-0.1, -0.05) is 23.7 Å². The van der Waals surface area contributed by atoms with Crippen molar-refractivity contribution in [1.82, 2.24) is 15.3 Å². The maximum absolute atomic E-state index is 13.1. The van der Waals surface area contributed by atoms with E-state index < -0.39 is 0 Å². The summed E-state index contributed by atoms with van der Waals surface area (Å²) in [6, 6.07) is 10.9. The zero-order valence-corrected chi connectivity index (χ0v) is 23.8. The van der Waals surface area contributed by atoms with Crippen molar-refractivity contribution in [1.29, 1.82) is 0 Å². The molecule has 0 aliphatic carbocycles. The molecule has 0 bridgehead atoms. The lowest BCUT2D eigenvalue weighted by molar-refractivity contribution is 0.0944. The van der Waals surface area contributed by atoms with Gasteiger partial charge >= 0.3 is 0 Å². The van der Waals surface area contributed by atoms with E-state index in [1.54, 1.807) is 24.3 Å². The van der Waals surface area contributed by atoms with Crippen molar-refractivity contribution in [3.05, 3.63) is 75.2 Å². The number of aromatic nitrogens is 2. The normalized spacial score (nSPS) is 14.8. The first-order valence-corrected chi connectivity index (χ1v) is 14.2. The molecule has 8 nitrogen and oxygen atoms in total. The van der Waals surface area contributed by atoms with Crippen LogP contribution < -0.4 is 21.3 Å². The minimum Gasteiger partial charge on any atom is -0.371 e. The summed E-state index contributed by atoms with van der Waals surface area (Å²) in [5.41, 5.74) is 9.19. The molecule has 0 radical (unpaired) electrons. The van der Waals surface area contributed by atoms with Crippen LogP contribution in [-0.2, 0) is 6.42 Å². The van der Waals surface area contributed by atoms with E-state index in [-0.39, 0.29) is 17.9 Å². The molecule has 0 spiro atoms. The maximum Gasteiger partial charge on any atom is 0.268 e. The number of halogens is 2. The predicted octanol–water partition coefficient (Wildman–Crippen LogP) is 5.39. The molecule has 1 atom stereocenters. The third-order valence-corrected chi connectivity index (χ3v) is 8.05. The molecule has 1 saturated heterocycles. The summed E-state index contributed by atoms with van der Waals surface area (Å²) in [7, 11) is 0. The van der Waals surface area contributed by atoms with Crippen molar-refractivity contribution in [3.8, 4) is 0 Å². The molecule has 1 aliphatic heterocycles. The molecule has 0 saturated carbocycles. The molecule has 5 N–H and O–H groups in total. The van der Waals surface area contributed by atoms with E-state index in [1.807, 2.05) is 31.5 Å². The minimum absolute atomic E-state index is 0.0218. The van der Waals surface area contributed by atoms with Crippen LogP contribution in [0.4, 0.5) is 11.4 Å². The number of piperidine rings is 1. The van der Waals surface area contributed by atoms with Gasteiger partial charge in [-0.25, -0.2) is 0 Å². The van der Waals surface area contributed by atoms with E-state index in [0.717, 1.165) is 38.0 Å². The van der Waals surface area contributed by atoms with Gasteiger partial charge in [-0.3, -0.25) is 14.6 Å². The molecule has 3 heterocycles.